The van der Waals surface area contributed by atoms with Gasteiger partial charge in [0.05, 0.1) is 11.5 Å². The standard InChI is InChI=1S/C29H30ClFN2O3/c1-29(2,21-10-12-22(30)13-11-21)28(36)33-18-24(20-8-14-23(31)15-9-20)26(34)25(33)27(35)32-17-16-19-6-4-3-5-7-19/h3-15,24-26,34H,16-18H2,1-2H3,(H,32,35)/t24-,25+,26-/m1/s1. The molecule has 3 aromatic carbocycles. The molecule has 3 atom stereocenters. The lowest BCUT2D eigenvalue weighted by atomic mass is 9.83. The maximum absolute atomic E-state index is 13.9. The Kier molecular flexibility index (Phi) is 7.76. The van der Waals surface area contributed by atoms with E-state index in [0.717, 1.165) is 11.1 Å². The summed E-state index contributed by atoms with van der Waals surface area (Å²) in [7, 11) is 0. The molecule has 1 aliphatic heterocycles. The number of amides is 2. The van der Waals surface area contributed by atoms with E-state index < -0.39 is 35.2 Å². The van der Waals surface area contributed by atoms with Crippen LogP contribution in [0, 0.1) is 5.82 Å². The van der Waals surface area contributed by atoms with Gasteiger partial charge in [0.15, 0.2) is 0 Å². The molecule has 0 bridgehead atoms. The zero-order chi connectivity index (χ0) is 25.9. The van der Waals surface area contributed by atoms with Gasteiger partial charge < -0.3 is 15.3 Å². The molecule has 5 nitrogen and oxygen atoms in total. The number of carbonyl (C=O) groups is 2. The molecule has 0 spiro atoms. The summed E-state index contributed by atoms with van der Waals surface area (Å²) in [5.41, 5.74) is 1.53. The molecule has 0 radical (unpaired) electrons. The van der Waals surface area contributed by atoms with Gasteiger partial charge in [-0.1, -0.05) is 66.2 Å². The summed E-state index contributed by atoms with van der Waals surface area (Å²) in [6.07, 6.45) is -0.516. The normalized spacial score (nSPS) is 19.8. The quantitative estimate of drug-likeness (QED) is 0.494. The molecule has 36 heavy (non-hydrogen) atoms. The Bertz CT molecular complexity index is 1200. The number of aliphatic hydroxyl groups is 1. The molecule has 0 aliphatic carbocycles. The highest BCUT2D eigenvalue weighted by Gasteiger charge is 2.50. The number of nitrogens with one attached hydrogen (secondary N) is 1. The molecule has 4 rings (SSSR count). The van der Waals surface area contributed by atoms with Crippen molar-refractivity contribution in [3.8, 4) is 0 Å². The lowest BCUT2D eigenvalue weighted by Gasteiger charge is -2.33. The van der Waals surface area contributed by atoms with Gasteiger partial charge in [0.25, 0.3) is 0 Å². The van der Waals surface area contributed by atoms with Gasteiger partial charge in [-0.25, -0.2) is 4.39 Å². The minimum Gasteiger partial charge on any atom is -0.390 e. The highest BCUT2D eigenvalue weighted by atomic mass is 35.5. The monoisotopic (exact) mass is 508 g/mol. The van der Waals surface area contributed by atoms with Gasteiger partial charge in [-0.2, -0.15) is 0 Å². The van der Waals surface area contributed by atoms with Gasteiger partial charge >= 0.3 is 0 Å². The molecule has 1 heterocycles. The number of hydrogen-bond donors (Lipinski definition) is 2. The maximum atomic E-state index is 13.9. The molecule has 0 saturated carbocycles. The number of likely N-dealkylation sites (tertiary alicyclic amines) is 1. The third-order valence-electron chi connectivity index (χ3n) is 6.95. The van der Waals surface area contributed by atoms with Crippen molar-refractivity contribution in [3.05, 3.63) is 106 Å². The zero-order valence-electron chi connectivity index (χ0n) is 20.3. The predicted octanol–water partition coefficient (Wildman–Crippen LogP) is 4.47. The second-order valence-corrected chi connectivity index (χ2v) is 10.1. The first-order chi connectivity index (χ1) is 17.2. The minimum absolute atomic E-state index is 0.138. The van der Waals surface area contributed by atoms with Crippen molar-refractivity contribution >= 4 is 23.4 Å². The predicted molar refractivity (Wildman–Crippen MR) is 138 cm³/mol. The van der Waals surface area contributed by atoms with E-state index in [0.29, 0.717) is 23.6 Å². The molecule has 3 aromatic rings. The van der Waals surface area contributed by atoms with Gasteiger partial charge in [0.2, 0.25) is 11.8 Å². The summed E-state index contributed by atoms with van der Waals surface area (Å²) < 4.78 is 13.5. The van der Waals surface area contributed by atoms with Crippen LogP contribution < -0.4 is 5.32 Å². The number of halogens is 2. The fraction of sp³-hybridized carbons (Fsp3) is 0.310. The van der Waals surface area contributed by atoms with Crippen molar-refractivity contribution in [1.29, 1.82) is 0 Å². The average Bonchev–Trinajstić information content (AvgIpc) is 3.21. The molecule has 188 valence electrons. The number of benzene rings is 3. The van der Waals surface area contributed by atoms with E-state index in [2.05, 4.69) is 5.32 Å². The van der Waals surface area contributed by atoms with E-state index in [1.54, 1.807) is 50.2 Å². The molecule has 1 aliphatic rings. The fourth-order valence-corrected chi connectivity index (χ4v) is 4.91. The summed E-state index contributed by atoms with van der Waals surface area (Å²) in [5.74, 6) is -1.61. The van der Waals surface area contributed by atoms with Gasteiger partial charge in [0.1, 0.15) is 11.9 Å². The van der Waals surface area contributed by atoms with Gasteiger partial charge in [0, 0.05) is 24.0 Å². The number of nitrogens with zero attached hydrogens (tertiary/aromatic N) is 1. The van der Waals surface area contributed by atoms with Crippen molar-refractivity contribution in [3.63, 3.8) is 0 Å². The first-order valence-corrected chi connectivity index (χ1v) is 12.4. The molecule has 0 aromatic heterocycles. The highest BCUT2D eigenvalue weighted by molar-refractivity contribution is 6.30. The van der Waals surface area contributed by atoms with E-state index in [4.69, 9.17) is 11.6 Å². The Hall–Kier alpha value is -3.22. The van der Waals surface area contributed by atoms with Gasteiger partial charge in [-0.3, -0.25) is 9.59 Å². The summed E-state index contributed by atoms with van der Waals surface area (Å²) in [6.45, 7) is 4.09. The molecular formula is C29H30ClFN2O3. The number of hydrogen-bond acceptors (Lipinski definition) is 3. The van der Waals surface area contributed by atoms with Crippen LogP contribution >= 0.6 is 11.6 Å². The Morgan fingerprint density at radius 3 is 2.31 bits per heavy atom. The first-order valence-electron chi connectivity index (χ1n) is 12.0. The van der Waals surface area contributed by atoms with Crippen molar-refractivity contribution in [1.82, 2.24) is 10.2 Å². The van der Waals surface area contributed by atoms with Crippen LogP contribution in [0.15, 0.2) is 78.9 Å². The first kappa shape index (κ1) is 25.9. The largest absolute Gasteiger partial charge is 0.390 e. The van der Waals surface area contributed by atoms with Crippen LogP contribution in [0.1, 0.15) is 36.5 Å². The second kappa shape index (κ2) is 10.8. The number of carbonyl (C=O) groups excluding carboxylic acids is 2. The average molecular weight is 509 g/mol. The summed E-state index contributed by atoms with van der Waals surface area (Å²) in [4.78, 5) is 28.7. The van der Waals surface area contributed by atoms with Crippen molar-refractivity contribution in [2.75, 3.05) is 13.1 Å². The van der Waals surface area contributed by atoms with E-state index in [1.165, 1.54) is 17.0 Å². The Morgan fingerprint density at radius 2 is 1.67 bits per heavy atom. The molecule has 2 N–H and O–H groups in total. The van der Waals surface area contributed by atoms with Crippen molar-refractivity contribution in [2.24, 2.45) is 0 Å². The highest BCUT2D eigenvalue weighted by Crippen LogP contribution is 2.37. The Labute approximate surface area is 215 Å². The van der Waals surface area contributed by atoms with E-state index in [9.17, 15) is 19.1 Å². The van der Waals surface area contributed by atoms with Gasteiger partial charge in [-0.15, -0.1) is 0 Å². The molecule has 7 heteroatoms. The van der Waals surface area contributed by atoms with E-state index in [1.807, 2.05) is 30.3 Å². The van der Waals surface area contributed by atoms with Crippen LogP contribution in [0.4, 0.5) is 4.39 Å². The van der Waals surface area contributed by atoms with Crippen molar-refractivity contribution in [2.45, 2.75) is 43.7 Å². The second-order valence-electron chi connectivity index (χ2n) is 9.71. The summed E-state index contributed by atoms with van der Waals surface area (Å²) >= 11 is 6.04. The number of aliphatic hydroxyl groups excluding tert-OH is 1. The van der Waals surface area contributed by atoms with Crippen LogP contribution in [0.2, 0.25) is 5.02 Å². The van der Waals surface area contributed by atoms with Crippen LogP contribution in [-0.2, 0) is 21.4 Å². The van der Waals surface area contributed by atoms with E-state index >= 15 is 0 Å². The lowest BCUT2D eigenvalue weighted by Crippen LogP contribution is -2.54. The van der Waals surface area contributed by atoms with Crippen LogP contribution in [-0.4, -0.2) is 47.1 Å². The topological polar surface area (TPSA) is 69.6 Å². The molecule has 1 fully saturated rings. The summed E-state index contributed by atoms with van der Waals surface area (Å²) in [5, 5.41) is 14.7. The number of rotatable bonds is 7. The maximum Gasteiger partial charge on any atom is 0.245 e. The lowest BCUT2D eigenvalue weighted by molar-refractivity contribution is -0.144. The fourth-order valence-electron chi connectivity index (χ4n) is 4.78. The smallest absolute Gasteiger partial charge is 0.245 e. The van der Waals surface area contributed by atoms with E-state index in [-0.39, 0.29) is 12.5 Å². The summed E-state index contributed by atoms with van der Waals surface area (Å²) in [6, 6.07) is 21.5. The third-order valence-corrected chi connectivity index (χ3v) is 7.20. The molecule has 0 unspecified atom stereocenters. The molecule has 1 saturated heterocycles. The van der Waals surface area contributed by atoms with Gasteiger partial charge in [-0.05, 0) is 61.2 Å². The Morgan fingerprint density at radius 1 is 1.03 bits per heavy atom. The molecular weight excluding hydrogens is 479 g/mol. The van der Waals surface area contributed by atoms with Crippen molar-refractivity contribution < 1.29 is 19.1 Å². The third kappa shape index (κ3) is 5.45. The minimum atomic E-state index is -1.14. The van der Waals surface area contributed by atoms with Crippen LogP contribution in [0.5, 0.6) is 0 Å². The zero-order valence-corrected chi connectivity index (χ0v) is 21.1. The SMILES string of the molecule is CC(C)(C(=O)N1C[C@H](c2ccc(F)cc2)[C@@H](O)[C@H]1C(=O)NCCc1ccccc1)c1ccc(Cl)cc1. The van der Waals surface area contributed by atoms with Crippen LogP contribution in [0.3, 0.4) is 0 Å². The molecule has 2 amide bonds. The van der Waals surface area contributed by atoms with Crippen LogP contribution in [0.25, 0.3) is 0 Å². The Balaban J connectivity index is 1.59.